The molecule has 9 nitrogen and oxygen atoms in total. The number of fused-ring (bicyclic) bond motifs is 3. The average Bonchev–Trinajstić information content (AvgIpc) is 2.72. The number of halogens is 1. The highest BCUT2D eigenvalue weighted by Crippen LogP contribution is 2.52. The standard InChI is InChI=1S/C22H23FN2O7/c1-8(7-23)25-12-2-3-13(26)16-11(12)5-9-4-10-6-14(27)17(21(24)31)20(30)22(10,32)19(29)15(9)18(16)28/h2-3,8-10,25-26,28,30,32H,4-7H2,1H3,(H2,24,31)/t8?,9-,10+,22+/m1/s1. The van der Waals surface area contributed by atoms with Crippen LogP contribution >= 0.6 is 0 Å². The van der Waals surface area contributed by atoms with Crippen LogP contribution in [0.3, 0.4) is 0 Å². The van der Waals surface area contributed by atoms with Crippen LogP contribution in [0.25, 0.3) is 5.76 Å². The summed E-state index contributed by atoms with van der Waals surface area (Å²) in [5.41, 5.74) is 2.42. The van der Waals surface area contributed by atoms with Gasteiger partial charge in [0.05, 0.1) is 11.6 Å². The number of benzene rings is 1. The molecule has 1 amide bonds. The van der Waals surface area contributed by atoms with E-state index in [1.165, 1.54) is 12.1 Å². The van der Waals surface area contributed by atoms with Crippen LogP contribution in [0, 0.1) is 11.8 Å². The number of nitrogens with one attached hydrogen (secondary N) is 1. The van der Waals surface area contributed by atoms with E-state index in [0.717, 1.165) is 0 Å². The van der Waals surface area contributed by atoms with Crippen molar-refractivity contribution in [3.8, 4) is 5.75 Å². The van der Waals surface area contributed by atoms with Gasteiger partial charge in [0, 0.05) is 23.6 Å². The molecule has 3 aliphatic rings. The topological polar surface area (TPSA) is 170 Å². The molecule has 32 heavy (non-hydrogen) atoms. The number of aliphatic hydroxyl groups is 3. The van der Waals surface area contributed by atoms with Crippen LogP contribution in [0.1, 0.15) is 30.9 Å². The number of rotatable bonds is 4. The minimum absolute atomic E-state index is 0.0341. The van der Waals surface area contributed by atoms with Crippen LogP contribution in [0.2, 0.25) is 0 Å². The quantitative estimate of drug-likeness (QED) is 0.296. The zero-order valence-corrected chi connectivity index (χ0v) is 17.2. The van der Waals surface area contributed by atoms with Gasteiger partial charge in [-0.1, -0.05) is 0 Å². The third-order valence-corrected chi connectivity index (χ3v) is 6.58. The Morgan fingerprint density at radius 1 is 1.28 bits per heavy atom. The Labute approximate surface area is 182 Å². The van der Waals surface area contributed by atoms with E-state index in [4.69, 9.17) is 5.73 Å². The molecule has 0 aliphatic heterocycles. The molecule has 0 heterocycles. The smallest absolute Gasteiger partial charge is 0.255 e. The molecule has 3 aliphatic carbocycles. The molecule has 170 valence electrons. The van der Waals surface area contributed by atoms with Crippen molar-refractivity contribution in [3.05, 3.63) is 40.2 Å². The summed E-state index contributed by atoms with van der Waals surface area (Å²) in [6.07, 6.45) is -0.188. The molecule has 4 atom stereocenters. The number of hydrogen-bond acceptors (Lipinski definition) is 8. The Bertz CT molecular complexity index is 1130. The minimum atomic E-state index is -2.59. The molecule has 0 bridgehead atoms. The normalized spacial score (nSPS) is 28.1. The zero-order valence-electron chi connectivity index (χ0n) is 17.2. The molecule has 1 unspecified atom stereocenters. The van der Waals surface area contributed by atoms with Crippen molar-refractivity contribution in [1.82, 2.24) is 0 Å². The molecule has 1 saturated carbocycles. The average molecular weight is 446 g/mol. The Morgan fingerprint density at radius 3 is 2.59 bits per heavy atom. The molecule has 1 fully saturated rings. The number of phenolic OH excluding ortho intramolecular Hbond substituents is 1. The van der Waals surface area contributed by atoms with E-state index in [2.05, 4.69) is 5.32 Å². The highest BCUT2D eigenvalue weighted by atomic mass is 19.1. The fourth-order valence-electron chi connectivity index (χ4n) is 5.06. The van der Waals surface area contributed by atoms with Crippen molar-refractivity contribution >= 4 is 28.9 Å². The number of amides is 1. The Balaban J connectivity index is 1.89. The molecule has 0 radical (unpaired) electrons. The van der Waals surface area contributed by atoms with Gasteiger partial charge in [0.15, 0.2) is 11.4 Å². The molecule has 1 aromatic carbocycles. The van der Waals surface area contributed by atoms with Gasteiger partial charge in [0.25, 0.3) is 5.91 Å². The van der Waals surface area contributed by atoms with Crippen molar-refractivity contribution in [2.75, 3.05) is 12.0 Å². The molecular formula is C22H23FN2O7. The molecular weight excluding hydrogens is 423 g/mol. The van der Waals surface area contributed by atoms with E-state index in [0.29, 0.717) is 11.3 Å². The van der Waals surface area contributed by atoms with Crippen molar-refractivity contribution in [2.45, 2.75) is 37.8 Å². The first-order valence-corrected chi connectivity index (χ1v) is 10.2. The van der Waals surface area contributed by atoms with E-state index < -0.39 is 64.7 Å². The molecule has 1 aromatic rings. The SMILES string of the molecule is CC(CF)Nc1ccc(O)c2c1C[C@H]1C[C@H]3CC(=O)C(C(N)=O)=C(O)[C@@]3(O)C(=O)C1=C2O. The lowest BCUT2D eigenvalue weighted by molar-refractivity contribution is -0.147. The summed E-state index contributed by atoms with van der Waals surface area (Å²) in [5.74, 6) is -6.78. The first kappa shape index (κ1) is 21.8. The number of alkyl halides is 1. The van der Waals surface area contributed by atoms with Crippen molar-refractivity contribution < 1.29 is 39.2 Å². The molecule has 0 aromatic heterocycles. The third kappa shape index (κ3) is 2.89. The molecule has 10 heteroatoms. The van der Waals surface area contributed by atoms with Crippen molar-refractivity contribution in [3.63, 3.8) is 0 Å². The monoisotopic (exact) mass is 446 g/mol. The van der Waals surface area contributed by atoms with Crippen LogP contribution in [0.5, 0.6) is 5.75 Å². The van der Waals surface area contributed by atoms with E-state index >= 15 is 0 Å². The number of aliphatic hydroxyl groups excluding tert-OH is 2. The molecule has 4 rings (SSSR count). The summed E-state index contributed by atoms with van der Waals surface area (Å²) >= 11 is 0. The number of aromatic hydroxyl groups is 1. The number of ketones is 2. The maximum Gasteiger partial charge on any atom is 0.255 e. The number of phenols is 1. The van der Waals surface area contributed by atoms with Crippen LogP contribution in [-0.4, -0.2) is 56.2 Å². The number of anilines is 1. The second kappa shape index (κ2) is 7.33. The van der Waals surface area contributed by atoms with Gasteiger partial charge >= 0.3 is 0 Å². The predicted molar refractivity (Wildman–Crippen MR) is 110 cm³/mol. The van der Waals surface area contributed by atoms with E-state index in [1.54, 1.807) is 6.92 Å². The largest absolute Gasteiger partial charge is 0.508 e. The molecule has 7 N–H and O–H groups in total. The summed E-state index contributed by atoms with van der Waals surface area (Å²) in [5, 5.41) is 46.0. The predicted octanol–water partition coefficient (Wildman–Crippen LogP) is 1.19. The maximum absolute atomic E-state index is 13.4. The number of Topliss-reactive ketones (excluding diaryl/α,β-unsaturated/α-hetero) is 2. The number of primary amides is 1. The second-order valence-corrected chi connectivity index (χ2v) is 8.59. The van der Waals surface area contributed by atoms with Crippen LogP contribution in [0.4, 0.5) is 10.1 Å². The third-order valence-electron chi connectivity index (χ3n) is 6.58. The fourth-order valence-corrected chi connectivity index (χ4v) is 5.06. The number of carbonyl (C=O) groups is 3. The fraction of sp³-hybridized carbons (Fsp3) is 0.409. The minimum Gasteiger partial charge on any atom is -0.508 e. The lowest BCUT2D eigenvalue weighted by Crippen LogP contribution is -2.58. The van der Waals surface area contributed by atoms with Gasteiger partial charge in [0.1, 0.15) is 29.5 Å². The number of hydrogen-bond donors (Lipinski definition) is 6. The van der Waals surface area contributed by atoms with E-state index in [9.17, 15) is 39.2 Å². The van der Waals surface area contributed by atoms with E-state index in [-0.39, 0.29) is 36.1 Å². The van der Waals surface area contributed by atoms with E-state index in [1.807, 2.05) is 0 Å². The van der Waals surface area contributed by atoms with Crippen LogP contribution < -0.4 is 11.1 Å². The maximum atomic E-state index is 13.4. The summed E-state index contributed by atoms with van der Waals surface area (Å²) in [6, 6.07) is 2.28. The number of nitrogens with two attached hydrogens (primary N) is 1. The summed E-state index contributed by atoms with van der Waals surface area (Å²) < 4.78 is 13.0. The van der Waals surface area contributed by atoms with Crippen LogP contribution in [0.15, 0.2) is 29.0 Å². The van der Waals surface area contributed by atoms with Gasteiger partial charge in [-0.15, -0.1) is 0 Å². The first-order valence-electron chi connectivity index (χ1n) is 10.2. The lowest BCUT2D eigenvalue weighted by Gasteiger charge is -2.46. The van der Waals surface area contributed by atoms with Gasteiger partial charge < -0.3 is 31.5 Å². The highest BCUT2D eigenvalue weighted by molar-refractivity contribution is 6.22. The molecule has 0 saturated heterocycles. The second-order valence-electron chi connectivity index (χ2n) is 8.59. The van der Waals surface area contributed by atoms with Crippen molar-refractivity contribution in [1.29, 1.82) is 0 Å². The summed E-state index contributed by atoms with van der Waals surface area (Å²) in [4.78, 5) is 37.4. The lowest BCUT2D eigenvalue weighted by atomic mass is 9.59. The van der Waals surface area contributed by atoms with Gasteiger partial charge in [-0.05, 0) is 43.4 Å². The van der Waals surface area contributed by atoms with Crippen molar-refractivity contribution in [2.24, 2.45) is 17.6 Å². The summed E-state index contributed by atoms with van der Waals surface area (Å²) in [7, 11) is 0. The van der Waals surface area contributed by atoms with Gasteiger partial charge in [-0.3, -0.25) is 14.4 Å². The Morgan fingerprint density at radius 2 is 1.97 bits per heavy atom. The zero-order chi connectivity index (χ0) is 23.5. The first-order chi connectivity index (χ1) is 15.0. The Kier molecular flexibility index (Phi) is 5.00. The van der Waals surface area contributed by atoms with Gasteiger partial charge in [-0.2, -0.15) is 0 Å². The van der Waals surface area contributed by atoms with Crippen LogP contribution in [-0.2, 0) is 20.8 Å². The number of carbonyl (C=O) groups excluding carboxylic acids is 3. The summed E-state index contributed by atoms with van der Waals surface area (Å²) in [6.45, 7) is 0.961. The highest BCUT2D eigenvalue weighted by Gasteiger charge is 2.60. The Hall–Kier alpha value is -3.40. The van der Waals surface area contributed by atoms with Gasteiger partial charge in [-0.25, -0.2) is 4.39 Å². The molecule has 0 spiro atoms. The van der Waals surface area contributed by atoms with Gasteiger partial charge in [0.2, 0.25) is 5.78 Å².